The number of benzene rings is 2. The van der Waals surface area contributed by atoms with Crippen molar-refractivity contribution in [1.29, 1.82) is 0 Å². The zero-order valence-electron chi connectivity index (χ0n) is 14.6. The molecule has 0 radical (unpaired) electrons. The third-order valence-electron chi connectivity index (χ3n) is 4.15. The molecule has 6 heteroatoms. The van der Waals surface area contributed by atoms with Crippen LogP contribution >= 0.6 is 27.5 Å². The van der Waals surface area contributed by atoms with E-state index < -0.39 is 0 Å². The van der Waals surface area contributed by atoms with E-state index in [1.54, 1.807) is 24.3 Å². The number of carbonyl (C=O) groups is 1. The molecule has 0 aliphatic heterocycles. The molecule has 2 aromatic heterocycles. The van der Waals surface area contributed by atoms with Crippen molar-refractivity contribution in [1.82, 2.24) is 5.32 Å². The standard InChI is InChI=1S/C22H15BrClNO3/c23-16-6-4-14(5-7-16)19-9-8-18(27-19)13-25-22(26)21-11-10-20(28-21)15-2-1-3-17(24)12-15/h1-12H,13H2,(H,25,26). The zero-order chi connectivity index (χ0) is 19.5. The van der Waals surface area contributed by atoms with Gasteiger partial charge in [-0.1, -0.05) is 51.8 Å². The van der Waals surface area contributed by atoms with Crippen LogP contribution in [0.3, 0.4) is 0 Å². The Morgan fingerprint density at radius 1 is 0.893 bits per heavy atom. The van der Waals surface area contributed by atoms with Gasteiger partial charge in [0.2, 0.25) is 0 Å². The van der Waals surface area contributed by atoms with Gasteiger partial charge in [-0.15, -0.1) is 0 Å². The Balaban J connectivity index is 1.40. The third kappa shape index (κ3) is 4.21. The molecule has 2 aromatic carbocycles. The Kier molecular flexibility index (Phi) is 5.37. The lowest BCUT2D eigenvalue weighted by Gasteiger charge is -2.02. The molecule has 4 nitrogen and oxygen atoms in total. The first-order valence-electron chi connectivity index (χ1n) is 8.57. The molecule has 0 spiro atoms. The number of nitrogens with one attached hydrogen (secondary N) is 1. The van der Waals surface area contributed by atoms with E-state index in [9.17, 15) is 4.79 Å². The number of carbonyl (C=O) groups excluding carboxylic acids is 1. The molecular formula is C22H15BrClNO3. The zero-order valence-corrected chi connectivity index (χ0v) is 17.0. The van der Waals surface area contributed by atoms with Gasteiger partial charge in [0, 0.05) is 20.6 Å². The summed E-state index contributed by atoms with van der Waals surface area (Å²) < 4.78 is 12.5. The minimum atomic E-state index is -0.310. The summed E-state index contributed by atoms with van der Waals surface area (Å²) in [6.07, 6.45) is 0. The maximum Gasteiger partial charge on any atom is 0.287 e. The van der Waals surface area contributed by atoms with E-state index in [1.165, 1.54) is 0 Å². The summed E-state index contributed by atoms with van der Waals surface area (Å²) in [5.74, 6) is 1.92. The summed E-state index contributed by atoms with van der Waals surface area (Å²) in [6, 6.07) is 22.2. The van der Waals surface area contributed by atoms with Gasteiger partial charge < -0.3 is 14.2 Å². The van der Waals surface area contributed by atoms with Crippen LogP contribution in [0.5, 0.6) is 0 Å². The van der Waals surface area contributed by atoms with Crippen molar-refractivity contribution in [3.63, 3.8) is 0 Å². The fraction of sp³-hybridized carbons (Fsp3) is 0.0455. The molecule has 4 aromatic rings. The van der Waals surface area contributed by atoms with Crippen LogP contribution in [0.15, 0.2) is 86.1 Å². The summed E-state index contributed by atoms with van der Waals surface area (Å²) in [5.41, 5.74) is 1.79. The monoisotopic (exact) mass is 455 g/mol. The first-order chi connectivity index (χ1) is 13.6. The van der Waals surface area contributed by atoms with Crippen LogP contribution in [0.25, 0.3) is 22.6 Å². The molecule has 0 unspecified atom stereocenters. The molecule has 0 saturated carbocycles. The lowest BCUT2D eigenvalue weighted by Crippen LogP contribution is -2.21. The normalized spacial score (nSPS) is 10.8. The van der Waals surface area contributed by atoms with Crippen molar-refractivity contribution in [2.24, 2.45) is 0 Å². The van der Waals surface area contributed by atoms with E-state index in [-0.39, 0.29) is 18.2 Å². The van der Waals surface area contributed by atoms with Crippen LogP contribution in [0, 0.1) is 0 Å². The highest BCUT2D eigenvalue weighted by Crippen LogP contribution is 2.26. The average Bonchev–Trinajstić information content (AvgIpc) is 3.37. The third-order valence-corrected chi connectivity index (χ3v) is 4.92. The first kappa shape index (κ1) is 18.6. The van der Waals surface area contributed by atoms with Gasteiger partial charge in [0.1, 0.15) is 17.3 Å². The summed E-state index contributed by atoms with van der Waals surface area (Å²) in [5, 5.41) is 3.42. The van der Waals surface area contributed by atoms with Crippen molar-refractivity contribution in [2.75, 3.05) is 0 Å². The Labute approximate surface area is 175 Å². The van der Waals surface area contributed by atoms with Crippen molar-refractivity contribution in [2.45, 2.75) is 6.54 Å². The van der Waals surface area contributed by atoms with Gasteiger partial charge in [-0.2, -0.15) is 0 Å². The average molecular weight is 457 g/mol. The Hall–Kier alpha value is -2.76. The van der Waals surface area contributed by atoms with Gasteiger partial charge in [0.15, 0.2) is 5.76 Å². The number of hydrogen-bond acceptors (Lipinski definition) is 3. The minimum absolute atomic E-state index is 0.231. The highest BCUT2D eigenvalue weighted by molar-refractivity contribution is 9.10. The SMILES string of the molecule is O=C(NCc1ccc(-c2ccc(Br)cc2)o1)c1ccc(-c2cccc(Cl)c2)o1. The second-order valence-corrected chi connectivity index (χ2v) is 7.48. The van der Waals surface area contributed by atoms with Crippen LogP contribution in [0.4, 0.5) is 0 Å². The van der Waals surface area contributed by atoms with Crippen LogP contribution in [-0.2, 0) is 6.54 Å². The lowest BCUT2D eigenvalue weighted by atomic mass is 10.2. The molecule has 140 valence electrons. The number of furan rings is 2. The van der Waals surface area contributed by atoms with Crippen LogP contribution < -0.4 is 5.32 Å². The van der Waals surface area contributed by atoms with E-state index >= 15 is 0 Å². The molecule has 28 heavy (non-hydrogen) atoms. The van der Waals surface area contributed by atoms with E-state index in [0.29, 0.717) is 16.5 Å². The van der Waals surface area contributed by atoms with Gasteiger partial charge in [-0.3, -0.25) is 4.79 Å². The molecule has 1 N–H and O–H groups in total. The molecule has 0 fully saturated rings. The fourth-order valence-corrected chi connectivity index (χ4v) is 3.21. The van der Waals surface area contributed by atoms with E-state index in [1.807, 2.05) is 48.5 Å². The van der Waals surface area contributed by atoms with E-state index in [0.717, 1.165) is 21.4 Å². The van der Waals surface area contributed by atoms with Gasteiger partial charge in [-0.05, 0) is 48.5 Å². The van der Waals surface area contributed by atoms with Crippen molar-refractivity contribution < 1.29 is 13.6 Å². The largest absolute Gasteiger partial charge is 0.459 e. The summed E-state index contributed by atoms with van der Waals surface area (Å²) in [6.45, 7) is 0.266. The Morgan fingerprint density at radius 2 is 1.64 bits per heavy atom. The second-order valence-electron chi connectivity index (χ2n) is 6.13. The molecule has 4 rings (SSSR count). The summed E-state index contributed by atoms with van der Waals surface area (Å²) in [7, 11) is 0. The molecule has 0 saturated heterocycles. The molecule has 0 aliphatic carbocycles. The van der Waals surface area contributed by atoms with Gasteiger partial charge in [0.25, 0.3) is 5.91 Å². The van der Waals surface area contributed by atoms with Crippen LogP contribution in [-0.4, -0.2) is 5.91 Å². The van der Waals surface area contributed by atoms with Crippen LogP contribution in [0.2, 0.25) is 5.02 Å². The number of rotatable bonds is 5. The lowest BCUT2D eigenvalue weighted by molar-refractivity contribution is 0.0921. The number of amides is 1. The quantitative estimate of drug-likeness (QED) is 0.370. The summed E-state index contributed by atoms with van der Waals surface area (Å²) in [4.78, 5) is 12.4. The number of halogens is 2. The van der Waals surface area contributed by atoms with Crippen LogP contribution in [0.1, 0.15) is 16.3 Å². The van der Waals surface area contributed by atoms with E-state index in [2.05, 4.69) is 21.2 Å². The highest BCUT2D eigenvalue weighted by atomic mass is 79.9. The van der Waals surface area contributed by atoms with Crippen molar-refractivity contribution >= 4 is 33.4 Å². The van der Waals surface area contributed by atoms with Gasteiger partial charge in [-0.25, -0.2) is 0 Å². The maximum atomic E-state index is 12.4. The molecule has 2 heterocycles. The van der Waals surface area contributed by atoms with Crippen molar-refractivity contribution in [3.8, 4) is 22.6 Å². The predicted octanol–water partition coefficient (Wildman–Crippen LogP) is 6.55. The van der Waals surface area contributed by atoms with E-state index in [4.69, 9.17) is 20.4 Å². The van der Waals surface area contributed by atoms with Gasteiger partial charge >= 0.3 is 0 Å². The second kappa shape index (κ2) is 8.09. The molecule has 0 bridgehead atoms. The maximum absolute atomic E-state index is 12.4. The molecule has 1 amide bonds. The smallest absolute Gasteiger partial charge is 0.287 e. The Bertz CT molecular complexity index is 1110. The summed E-state index contributed by atoms with van der Waals surface area (Å²) >= 11 is 9.41. The van der Waals surface area contributed by atoms with Gasteiger partial charge in [0.05, 0.1) is 6.54 Å². The highest BCUT2D eigenvalue weighted by Gasteiger charge is 2.13. The Morgan fingerprint density at radius 3 is 2.43 bits per heavy atom. The molecule has 0 aliphatic rings. The minimum Gasteiger partial charge on any atom is -0.459 e. The number of hydrogen-bond donors (Lipinski definition) is 1. The molecular weight excluding hydrogens is 442 g/mol. The molecule has 0 atom stereocenters. The first-order valence-corrected chi connectivity index (χ1v) is 9.74. The predicted molar refractivity (Wildman–Crippen MR) is 112 cm³/mol. The van der Waals surface area contributed by atoms with Crippen molar-refractivity contribution in [3.05, 3.63) is 93.8 Å². The topological polar surface area (TPSA) is 55.4 Å². The fourth-order valence-electron chi connectivity index (χ4n) is 2.75.